The Morgan fingerprint density at radius 2 is 2.24 bits per heavy atom. The van der Waals surface area contributed by atoms with Gasteiger partial charge in [0.2, 0.25) is 0 Å². The molecule has 1 aromatic heterocycles. The molecule has 0 amide bonds. The maximum Gasteiger partial charge on any atom is 0.195 e. The van der Waals surface area contributed by atoms with Crippen molar-refractivity contribution >= 4 is 12.2 Å². The molecule has 17 heavy (non-hydrogen) atoms. The lowest BCUT2D eigenvalue weighted by Gasteiger charge is -2.07. The van der Waals surface area contributed by atoms with Crippen LogP contribution in [-0.4, -0.2) is 14.8 Å². The minimum Gasteiger partial charge on any atom is -0.300 e. The van der Waals surface area contributed by atoms with Gasteiger partial charge in [-0.15, -0.1) is 0 Å². The van der Waals surface area contributed by atoms with E-state index in [0.717, 1.165) is 24.1 Å². The molecule has 1 aromatic carbocycles. The molecular formula is C12H14FN3S. The molecule has 90 valence electrons. The SMILES string of the molecule is CCCn1c(-c2cc(F)ccc2C)n[nH]c1=S. The highest BCUT2D eigenvalue weighted by Gasteiger charge is 2.11. The van der Waals surface area contributed by atoms with Crippen LogP contribution < -0.4 is 0 Å². The number of aromatic amines is 1. The van der Waals surface area contributed by atoms with Crippen LogP contribution in [0.15, 0.2) is 18.2 Å². The van der Waals surface area contributed by atoms with Gasteiger partial charge in [-0.25, -0.2) is 4.39 Å². The lowest BCUT2D eigenvalue weighted by atomic mass is 10.1. The van der Waals surface area contributed by atoms with Gasteiger partial charge in [0.25, 0.3) is 0 Å². The van der Waals surface area contributed by atoms with Crippen molar-refractivity contribution in [3.05, 3.63) is 34.4 Å². The number of halogens is 1. The summed E-state index contributed by atoms with van der Waals surface area (Å²) >= 11 is 5.17. The Labute approximate surface area is 104 Å². The fraction of sp³-hybridized carbons (Fsp3) is 0.333. The van der Waals surface area contributed by atoms with Crippen LogP contribution in [0.25, 0.3) is 11.4 Å². The van der Waals surface area contributed by atoms with Crippen LogP contribution in [-0.2, 0) is 6.54 Å². The van der Waals surface area contributed by atoms with Crippen molar-refractivity contribution in [1.82, 2.24) is 14.8 Å². The molecule has 0 aliphatic heterocycles. The summed E-state index contributed by atoms with van der Waals surface area (Å²) < 4.78 is 15.8. The first-order chi connectivity index (χ1) is 8.13. The molecule has 1 heterocycles. The van der Waals surface area contributed by atoms with Crippen LogP contribution >= 0.6 is 12.2 Å². The molecule has 0 aliphatic carbocycles. The third-order valence-corrected chi connectivity index (χ3v) is 2.96. The summed E-state index contributed by atoms with van der Waals surface area (Å²) in [5.74, 6) is 0.441. The van der Waals surface area contributed by atoms with Crippen molar-refractivity contribution < 1.29 is 4.39 Å². The van der Waals surface area contributed by atoms with E-state index in [1.165, 1.54) is 12.1 Å². The molecule has 1 N–H and O–H groups in total. The third kappa shape index (κ3) is 2.29. The van der Waals surface area contributed by atoms with Gasteiger partial charge in [0, 0.05) is 12.1 Å². The van der Waals surface area contributed by atoms with E-state index in [2.05, 4.69) is 17.1 Å². The van der Waals surface area contributed by atoms with Gasteiger partial charge < -0.3 is 4.57 Å². The van der Waals surface area contributed by atoms with E-state index in [1.807, 2.05) is 11.5 Å². The molecule has 0 atom stereocenters. The van der Waals surface area contributed by atoms with Crippen molar-refractivity contribution in [2.24, 2.45) is 0 Å². The maximum atomic E-state index is 13.3. The fourth-order valence-electron chi connectivity index (χ4n) is 1.79. The van der Waals surface area contributed by atoms with Gasteiger partial charge in [-0.1, -0.05) is 13.0 Å². The standard InChI is InChI=1S/C12H14FN3S/c1-3-6-16-11(14-15-12(16)17)10-7-9(13)5-4-8(10)2/h4-5,7H,3,6H2,1-2H3,(H,15,17). The van der Waals surface area contributed by atoms with Gasteiger partial charge in [-0.2, -0.15) is 5.10 Å². The first-order valence-corrected chi connectivity index (χ1v) is 5.96. The lowest BCUT2D eigenvalue weighted by molar-refractivity contribution is 0.626. The van der Waals surface area contributed by atoms with Crippen molar-refractivity contribution in [1.29, 1.82) is 0 Å². The highest BCUT2D eigenvalue weighted by molar-refractivity contribution is 7.71. The van der Waals surface area contributed by atoms with Crippen molar-refractivity contribution in [2.75, 3.05) is 0 Å². The smallest absolute Gasteiger partial charge is 0.195 e. The van der Waals surface area contributed by atoms with Crippen LogP contribution in [0.5, 0.6) is 0 Å². The second-order valence-electron chi connectivity index (χ2n) is 3.96. The van der Waals surface area contributed by atoms with E-state index >= 15 is 0 Å². The Morgan fingerprint density at radius 1 is 1.47 bits per heavy atom. The summed E-state index contributed by atoms with van der Waals surface area (Å²) in [5, 5.41) is 6.95. The van der Waals surface area contributed by atoms with E-state index < -0.39 is 0 Å². The van der Waals surface area contributed by atoms with Crippen LogP contribution in [0.1, 0.15) is 18.9 Å². The molecule has 0 fully saturated rings. The zero-order chi connectivity index (χ0) is 12.4. The average molecular weight is 251 g/mol. The van der Waals surface area contributed by atoms with Crippen molar-refractivity contribution in [3.63, 3.8) is 0 Å². The number of H-pyrrole nitrogens is 1. The summed E-state index contributed by atoms with van der Waals surface area (Å²) in [5.41, 5.74) is 1.77. The number of benzene rings is 1. The Hall–Kier alpha value is -1.49. The molecule has 0 unspecified atom stereocenters. The Balaban J connectivity index is 2.60. The topological polar surface area (TPSA) is 33.6 Å². The first kappa shape index (κ1) is 12.0. The molecule has 0 saturated heterocycles. The van der Waals surface area contributed by atoms with Gasteiger partial charge in [-0.05, 0) is 43.3 Å². The quantitative estimate of drug-likeness (QED) is 0.847. The number of hydrogen-bond acceptors (Lipinski definition) is 2. The predicted molar refractivity (Wildman–Crippen MR) is 67.8 cm³/mol. The summed E-state index contributed by atoms with van der Waals surface area (Å²) in [4.78, 5) is 0. The molecule has 0 spiro atoms. The van der Waals surface area contributed by atoms with Gasteiger partial charge in [0.05, 0.1) is 0 Å². The van der Waals surface area contributed by atoms with E-state index in [4.69, 9.17) is 12.2 Å². The minimum absolute atomic E-state index is 0.262. The molecule has 0 saturated carbocycles. The number of aryl methyl sites for hydroxylation is 1. The molecule has 5 heteroatoms. The van der Waals surface area contributed by atoms with Gasteiger partial charge in [-0.3, -0.25) is 5.10 Å². The van der Waals surface area contributed by atoms with E-state index in [1.54, 1.807) is 6.07 Å². The Bertz CT molecular complexity index is 586. The highest BCUT2D eigenvalue weighted by atomic mass is 32.1. The summed E-state index contributed by atoms with van der Waals surface area (Å²) in [6.07, 6.45) is 0.954. The molecule has 2 rings (SSSR count). The monoisotopic (exact) mass is 251 g/mol. The fourth-order valence-corrected chi connectivity index (χ4v) is 2.01. The van der Waals surface area contributed by atoms with Gasteiger partial charge in [0.1, 0.15) is 5.82 Å². The molecule has 0 aliphatic rings. The molecule has 0 radical (unpaired) electrons. The molecule has 0 bridgehead atoms. The highest BCUT2D eigenvalue weighted by Crippen LogP contribution is 2.22. The first-order valence-electron chi connectivity index (χ1n) is 5.55. The molecule has 3 nitrogen and oxygen atoms in total. The Kier molecular flexibility index (Phi) is 3.38. The number of nitrogens with zero attached hydrogens (tertiary/aromatic N) is 2. The van der Waals surface area contributed by atoms with Crippen molar-refractivity contribution in [2.45, 2.75) is 26.8 Å². The van der Waals surface area contributed by atoms with Crippen LogP contribution in [0.3, 0.4) is 0 Å². The number of hydrogen-bond donors (Lipinski definition) is 1. The maximum absolute atomic E-state index is 13.3. The van der Waals surface area contributed by atoms with Crippen LogP contribution in [0, 0.1) is 17.5 Å². The normalized spacial score (nSPS) is 10.8. The second kappa shape index (κ2) is 4.79. The summed E-state index contributed by atoms with van der Waals surface area (Å²) in [6.45, 7) is 4.78. The predicted octanol–water partition coefficient (Wildman–Crippen LogP) is 3.47. The summed E-state index contributed by atoms with van der Waals surface area (Å²) in [7, 11) is 0. The number of nitrogens with one attached hydrogen (secondary N) is 1. The lowest BCUT2D eigenvalue weighted by Crippen LogP contribution is -2.01. The van der Waals surface area contributed by atoms with E-state index in [0.29, 0.717) is 10.6 Å². The second-order valence-corrected chi connectivity index (χ2v) is 4.35. The zero-order valence-corrected chi connectivity index (χ0v) is 10.6. The number of rotatable bonds is 3. The largest absolute Gasteiger partial charge is 0.300 e. The van der Waals surface area contributed by atoms with Crippen LogP contribution in [0.4, 0.5) is 4.39 Å². The Morgan fingerprint density at radius 3 is 2.94 bits per heavy atom. The zero-order valence-electron chi connectivity index (χ0n) is 9.83. The average Bonchev–Trinajstić information content (AvgIpc) is 2.65. The van der Waals surface area contributed by atoms with E-state index in [-0.39, 0.29) is 5.82 Å². The van der Waals surface area contributed by atoms with Crippen molar-refractivity contribution in [3.8, 4) is 11.4 Å². The third-order valence-electron chi connectivity index (χ3n) is 2.65. The summed E-state index contributed by atoms with van der Waals surface area (Å²) in [6, 6.07) is 4.69. The minimum atomic E-state index is -0.262. The van der Waals surface area contributed by atoms with E-state index in [9.17, 15) is 4.39 Å². The van der Waals surface area contributed by atoms with Gasteiger partial charge >= 0.3 is 0 Å². The van der Waals surface area contributed by atoms with Crippen LogP contribution in [0.2, 0.25) is 0 Å². The molecular weight excluding hydrogens is 237 g/mol. The molecule has 2 aromatic rings. The van der Waals surface area contributed by atoms with Gasteiger partial charge in [0.15, 0.2) is 10.6 Å². The number of aromatic nitrogens is 3.